The van der Waals surface area contributed by atoms with E-state index >= 15 is 0 Å². The van der Waals surface area contributed by atoms with Crippen molar-refractivity contribution in [1.29, 1.82) is 0 Å². The van der Waals surface area contributed by atoms with E-state index in [1.807, 2.05) is 32.0 Å². The second-order valence-corrected chi connectivity index (χ2v) is 4.91. The number of esters is 1. The van der Waals surface area contributed by atoms with Crippen LogP contribution in [0, 0.1) is 13.8 Å². The molecule has 0 fully saturated rings. The molecule has 0 aromatic heterocycles. The quantitative estimate of drug-likeness (QED) is 0.662. The number of hydrogen-bond acceptors (Lipinski definition) is 4. The SMILES string of the molecule is CCOC(=O)c1ccc(N)c(Nc2c(C)cccc2C)c1. The Kier molecular flexibility index (Phi) is 4.48. The third-order valence-electron chi connectivity index (χ3n) is 3.31. The zero-order chi connectivity index (χ0) is 15.4. The number of nitrogens with one attached hydrogen (secondary N) is 1. The van der Waals surface area contributed by atoms with E-state index in [1.165, 1.54) is 0 Å². The Morgan fingerprint density at radius 2 is 1.86 bits per heavy atom. The van der Waals surface area contributed by atoms with Gasteiger partial charge in [0.1, 0.15) is 0 Å². The zero-order valence-electron chi connectivity index (χ0n) is 12.6. The van der Waals surface area contributed by atoms with E-state index in [4.69, 9.17) is 10.5 Å². The lowest BCUT2D eigenvalue weighted by Crippen LogP contribution is -2.06. The predicted molar refractivity (Wildman–Crippen MR) is 86.0 cm³/mol. The van der Waals surface area contributed by atoms with Crippen LogP contribution >= 0.6 is 0 Å². The summed E-state index contributed by atoms with van der Waals surface area (Å²) in [5, 5.41) is 3.31. The van der Waals surface area contributed by atoms with E-state index in [0.717, 1.165) is 16.8 Å². The van der Waals surface area contributed by atoms with E-state index in [9.17, 15) is 4.79 Å². The molecule has 0 radical (unpaired) electrons. The van der Waals surface area contributed by atoms with Gasteiger partial charge in [-0.1, -0.05) is 18.2 Å². The highest BCUT2D eigenvalue weighted by Gasteiger charge is 2.11. The minimum absolute atomic E-state index is 0.345. The third-order valence-corrected chi connectivity index (χ3v) is 3.31. The number of nitrogens with two attached hydrogens (primary N) is 1. The molecule has 4 nitrogen and oxygen atoms in total. The molecule has 2 rings (SSSR count). The lowest BCUT2D eigenvalue weighted by molar-refractivity contribution is 0.0526. The maximum Gasteiger partial charge on any atom is 0.338 e. The Labute approximate surface area is 124 Å². The summed E-state index contributed by atoms with van der Waals surface area (Å²) in [6, 6.07) is 11.2. The first-order valence-electron chi connectivity index (χ1n) is 6.92. The number of aryl methyl sites for hydroxylation is 2. The van der Waals surface area contributed by atoms with Crippen LogP contribution in [-0.2, 0) is 4.74 Å². The van der Waals surface area contributed by atoms with Gasteiger partial charge in [-0.05, 0) is 50.1 Å². The summed E-state index contributed by atoms with van der Waals surface area (Å²) in [4.78, 5) is 11.8. The van der Waals surface area contributed by atoms with Crippen LogP contribution in [0.3, 0.4) is 0 Å². The van der Waals surface area contributed by atoms with Crippen molar-refractivity contribution in [3.8, 4) is 0 Å². The van der Waals surface area contributed by atoms with Crippen molar-refractivity contribution in [1.82, 2.24) is 0 Å². The van der Waals surface area contributed by atoms with Crippen molar-refractivity contribution in [3.05, 3.63) is 53.1 Å². The summed E-state index contributed by atoms with van der Waals surface area (Å²) in [5.41, 5.74) is 11.0. The van der Waals surface area contributed by atoms with Gasteiger partial charge in [-0.3, -0.25) is 0 Å². The zero-order valence-corrected chi connectivity index (χ0v) is 12.6. The van der Waals surface area contributed by atoms with Crippen molar-refractivity contribution in [2.75, 3.05) is 17.7 Å². The molecule has 21 heavy (non-hydrogen) atoms. The summed E-state index contributed by atoms with van der Waals surface area (Å²) in [5.74, 6) is -0.345. The lowest BCUT2D eigenvalue weighted by Gasteiger charge is -2.15. The van der Waals surface area contributed by atoms with E-state index in [0.29, 0.717) is 23.5 Å². The molecule has 0 aliphatic carbocycles. The predicted octanol–water partition coefficient (Wildman–Crippen LogP) is 3.81. The van der Waals surface area contributed by atoms with Crippen LogP contribution in [0.1, 0.15) is 28.4 Å². The maximum atomic E-state index is 11.8. The highest BCUT2D eigenvalue weighted by Crippen LogP contribution is 2.28. The van der Waals surface area contributed by atoms with E-state index in [-0.39, 0.29) is 5.97 Å². The number of ether oxygens (including phenoxy) is 1. The molecule has 3 N–H and O–H groups in total. The molecule has 0 unspecified atom stereocenters. The maximum absolute atomic E-state index is 11.8. The molecule has 0 bridgehead atoms. The molecule has 2 aromatic rings. The number of carbonyl (C=O) groups excluding carboxylic acids is 1. The standard InChI is InChI=1S/C17H20N2O2/c1-4-21-17(20)13-8-9-14(18)15(10-13)19-16-11(2)6-5-7-12(16)3/h5-10,19H,4,18H2,1-3H3. The minimum Gasteiger partial charge on any atom is -0.462 e. The minimum atomic E-state index is -0.345. The fourth-order valence-corrected chi connectivity index (χ4v) is 2.15. The third kappa shape index (κ3) is 3.34. The Hall–Kier alpha value is -2.49. The van der Waals surface area contributed by atoms with Crippen LogP contribution in [0.15, 0.2) is 36.4 Å². The van der Waals surface area contributed by atoms with E-state index < -0.39 is 0 Å². The number of hydrogen-bond donors (Lipinski definition) is 2. The largest absolute Gasteiger partial charge is 0.462 e. The molecule has 4 heteroatoms. The van der Waals surface area contributed by atoms with Gasteiger partial charge < -0.3 is 15.8 Å². The molecule has 0 spiro atoms. The molecule has 0 saturated heterocycles. The van der Waals surface area contributed by atoms with Crippen molar-refractivity contribution in [3.63, 3.8) is 0 Å². The number of anilines is 3. The molecule has 0 atom stereocenters. The Morgan fingerprint density at radius 1 is 1.19 bits per heavy atom. The van der Waals surface area contributed by atoms with E-state index in [1.54, 1.807) is 25.1 Å². The first kappa shape index (κ1) is 14.9. The van der Waals surface area contributed by atoms with Crippen LogP contribution in [-0.4, -0.2) is 12.6 Å². The van der Waals surface area contributed by atoms with Crippen LogP contribution < -0.4 is 11.1 Å². The second kappa shape index (κ2) is 6.31. The number of para-hydroxylation sites is 1. The van der Waals surface area contributed by atoms with Gasteiger partial charge in [0.2, 0.25) is 0 Å². The van der Waals surface area contributed by atoms with Crippen LogP contribution in [0.4, 0.5) is 17.1 Å². The number of benzene rings is 2. The van der Waals surface area contributed by atoms with Gasteiger partial charge in [0, 0.05) is 5.69 Å². The Bertz CT molecular complexity index is 646. The number of carbonyl (C=O) groups is 1. The lowest BCUT2D eigenvalue weighted by atomic mass is 10.1. The monoisotopic (exact) mass is 284 g/mol. The summed E-state index contributed by atoms with van der Waals surface area (Å²) in [6.45, 7) is 6.19. The second-order valence-electron chi connectivity index (χ2n) is 4.91. The van der Waals surface area contributed by atoms with Gasteiger partial charge in [0.05, 0.1) is 23.5 Å². The molecule has 110 valence electrons. The van der Waals surface area contributed by atoms with Crippen molar-refractivity contribution < 1.29 is 9.53 Å². The molecule has 0 aliphatic heterocycles. The van der Waals surface area contributed by atoms with Crippen molar-refractivity contribution >= 4 is 23.0 Å². The molecule has 0 amide bonds. The average Bonchev–Trinajstić information content (AvgIpc) is 2.45. The Balaban J connectivity index is 2.35. The summed E-state index contributed by atoms with van der Waals surface area (Å²) >= 11 is 0. The molecule has 2 aromatic carbocycles. The van der Waals surface area contributed by atoms with Gasteiger partial charge >= 0.3 is 5.97 Å². The summed E-state index contributed by atoms with van der Waals surface area (Å²) in [7, 11) is 0. The van der Waals surface area contributed by atoms with E-state index in [2.05, 4.69) is 5.32 Å². The first-order valence-corrected chi connectivity index (χ1v) is 6.92. The van der Waals surface area contributed by atoms with Gasteiger partial charge in [0.15, 0.2) is 0 Å². The van der Waals surface area contributed by atoms with Gasteiger partial charge in [0.25, 0.3) is 0 Å². The summed E-state index contributed by atoms with van der Waals surface area (Å²) < 4.78 is 5.01. The fraction of sp³-hybridized carbons (Fsp3) is 0.235. The Morgan fingerprint density at radius 3 is 2.48 bits per heavy atom. The topological polar surface area (TPSA) is 64.3 Å². The van der Waals surface area contributed by atoms with Crippen LogP contribution in [0.25, 0.3) is 0 Å². The smallest absolute Gasteiger partial charge is 0.338 e. The van der Waals surface area contributed by atoms with Crippen molar-refractivity contribution in [2.45, 2.75) is 20.8 Å². The van der Waals surface area contributed by atoms with Crippen LogP contribution in [0.5, 0.6) is 0 Å². The number of nitrogen functional groups attached to an aromatic ring is 1. The van der Waals surface area contributed by atoms with Gasteiger partial charge in [-0.15, -0.1) is 0 Å². The highest BCUT2D eigenvalue weighted by atomic mass is 16.5. The van der Waals surface area contributed by atoms with Gasteiger partial charge in [-0.2, -0.15) is 0 Å². The van der Waals surface area contributed by atoms with Crippen molar-refractivity contribution in [2.24, 2.45) is 0 Å². The van der Waals surface area contributed by atoms with Crippen LogP contribution in [0.2, 0.25) is 0 Å². The normalized spacial score (nSPS) is 10.2. The van der Waals surface area contributed by atoms with Gasteiger partial charge in [-0.25, -0.2) is 4.79 Å². The molecular weight excluding hydrogens is 264 g/mol. The molecule has 0 saturated carbocycles. The number of rotatable bonds is 4. The average molecular weight is 284 g/mol. The first-order chi connectivity index (χ1) is 10.0. The highest BCUT2D eigenvalue weighted by molar-refractivity contribution is 5.92. The molecule has 0 aliphatic rings. The molecule has 0 heterocycles. The summed E-state index contributed by atoms with van der Waals surface area (Å²) in [6.07, 6.45) is 0. The molecular formula is C17H20N2O2. The fourth-order valence-electron chi connectivity index (χ4n) is 2.15.